The minimum absolute atomic E-state index is 0.259. The van der Waals surface area contributed by atoms with Gasteiger partial charge in [-0.2, -0.15) is 15.3 Å². The second kappa shape index (κ2) is 29.4. The molecular formula is C71H76BBr2Cl2N11O8S2. The average Bonchev–Trinajstić information content (AvgIpc) is 1.73. The molecule has 1 aliphatic rings. The molecule has 0 saturated carbocycles. The van der Waals surface area contributed by atoms with Crippen LogP contribution in [0.15, 0.2) is 124 Å². The highest BCUT2D eigenvalue weighted by atomic mass is 79.9. The first-order chi connectivity index (χ1) is 45.7. The van der Waals surface area contributed by atoms with Crippen LogP contribution in [-0.2, 0) is 59.0 Å². The Bertz CT molecular complexity index is 4850. The van der Waals surface area contributed by atoms with Gasteiger partial charge in [0.15, 0.2) is 33.1 Å². The highest BCUT2D eigenvalue weighted by Gasteiger charge is 2.52. The zero-order chi connectivity index (χ0) is 70.2. The molecule has 0 amide bonds. The molecule has 8 aromatic heterocycles. The van der Waals surface area contributed by atoms with E-state index in [4.69, 9.17) is 56.4 Å². The number of carbonyl (C=O) groups is 2. The zero-order valence-electron chi connectivity index (χ0n) is 57.1. The maximum Gasteiger partial charge on any atom is 0.496 e. The van der Waals surface area contributed by atoms with Crippen molar-refractivity contribution in [3.8, 4) is 32.8 Å². The van der Waals surface area contributed by atoms with Crippen LogP contribution in [0.1, 0.15) is 118 Å². The van der Waals surface area contributed by atoms with Crippen LogP contribution in [0.4, 0.5) is 0 Å². The summed E-state index contributed by atoms with van der Waals surface area (Å²) in [6.07, 6.45) is 9.02. The summed E-state index contributed by atoms with van der Waals surface area (Å²) in [4.78, 5) is 49.0. The van der Waals surface area contributed by atoms with Crippen molar-refractivity contribution in [2.75, 3.05) is 13.2 Å². The predicted octanol–water partition coefficient (Wildman–Crippen LogP) is 17.4. The number of aryl methyl sites for hydroxylation is 5. The minimum atomic E-state index is -0.913. The van der Waals surface area contributed by atoms with Crippen LogP contribution < -0.4 is 5.46 Å². The number of rotatable bonds is 12. The van der Waals surface area contributed by atoms with Crippen LogP contribution in [0.3, 0.4) is 0 Å². The molecule has 2 atom stereocenters. The highest BCUT2D eigenvalue weighted by molar-refractivity contribution is 9.11. The van der Waals surface area contributed by atoms with Gasteiger partial charge >= 0.3 is 19.1 Å². The summed E-state index contributed by atoms with van der Waals surface area (Å²) in [5, 5.41) is 17.7. The molecule has 26 heteroatoms. The molecular weight excluding hydrogens is 1440 g/mol. The number of carbonyl (C=O) groups excluding carboxylic acids is 2. The molecule has 13 rings (SSSR count). The van der Waals surface area contributed by atoms with E-state index in [0.717, 1.165) is 122 Å². The third kappa shape index (κ3) is 16.5. The standard InChI is InChI=1S/C29H29ClN4O3S.C22H23BrClNO3S.C13H18BN3O2.C7H6BrN3/c1-7-36-28(35)24(37-29(3,4)5)22-16(2)12-21-25(23(22)17-8-10-20(30)11-9-17)38-27(33-21)19-13-18-15-32-34(6)26(18)31-14-19;1-6-27-20(26)18(28-22(3,4)5)16-12(2)11-15-19(29-21(23)25-15)17(16)13-7-9-14(24)10-8-13;1-12(2)13(3,4)19-14(18-12)10-6-9-7-16-17(5)11(9)15-8-10;1-11-7-5(3-10-11)2-6(8)4-9-7/h8-15,24H,7H2,1-6H3;7-11,18H,6H2,1-5H3;6-8H,1-5H3;2-4H,1H3/t24-;18-;;/m00../s1. The summed E-state index contributed by atoms with van der Waals surface area (Å²) in [7, 11) is 5.25. The Morgan fingerprint density at radius 2 is 0.979 bits per heavy atom. The Morgan fingerprint density at radius 3 is 1.43 bits per heavy atom. The number of aromatic nitrogens is 11. The summed E-state index contributed by atoms with van der Waals surface area (Å²) in [6.45, 7) is 27.8. The van der Waals surface area contributed by atoms with Crippen molar-refractivity contribution in [2.45, 2.75) is 132 Å². The first-order valence-electron chi connectivity index (χ1n) is 31.3. The second-order valence-corrected chi connectivity index (χ2v) is 31.2. The van der Waals surface area contributed by atoms with E-state index in [1.165, 1.54) is 11.3 Å². The van der Waals surface area contributed by atoms with Crippen molar-refractivity contribution < 1.29 is 37.8 Å². The van der Waals surface area contributed by atoms with E-state index in [-0.39, 0.29) is 31.5 Å². The number of esters is 2. The van der Waals surface area contributed by atoms with Gasteiger partial charge in [0.05, 0.1) is 74.6 Å². The fourth-order valence-corrected chi connectivity index (χ4v) is 14.2. The van der Waals surface area contributed by atoms with E-state index in [1.807, 2.05) is 189 Å². The van der Waals surface area contributed by atoms with Gasteiger partial charge < -0.3 is 28.3 Å². The number of hydrogen-bond donors (Lipinski definition) is 0. The smallest absolute Gasteiger partial charge is 0.464 e. The fraction of sp³-hybridized carbons (Fsp3) is 0.352. The molecule has 4 aromatic carbocycles. The monoisotopic (exact) mass is 1510 g/mol. The van der Waals surface area contributed by atoms with Crippen molar-refractivity contribution in [1.82, 2.24) is 54.3 Å². The SMILES string of the molecule is CCOC(=O)[C@@H](OC(C)(C)C)c1c(C)cc2nc(-c3cnc4c(cnn4C)c3)sc2c1-c1ccc(Cl)cc1.CCOC(=O)[C@@H](OC(C)(C)C)c1c(C)cc2nc(Br)sc2c1-c1ccc(Cl)cc1.Cn1ncc2cc(B3OC(C)(C)C(C)(C)O3)cnc21.Cn1ncc2cc(Br)cnc21. The van der Waals surface area contributed by atoms with E-state index in [1.54, 1.807) is 70.2 Å². The van der Waals surface area contributed by atoms with Crippen molar-refractivity contribution in [3.05, 3.63) is 157 Å². The van der Waals surface area contributed by atoms with Crippen molar-refractivity contribution in [2.24, 2.45) is 21.1 Å². The maximum atomic E-state index is 13.3. The minimum Gasteiger partial charge on any atom is -0.464 e. The Morgan fingerprint density at radius 1 is 0.567 bits per heavy atom. The number of thiazole rings is 2. The quantitative estimate of drug-likeness (QED) is 0.0823. The topological polar surface area (TPSA) is 207 Å². The van der Waals surface area contributed by atoms with Crippen LogP contribution in [-0.4, -0.2) is 109 Å². The Labute approximate surface area is 598 Å². The number of hydrogen-bond acceptors (Lipinski definition) is 18. The molecule has 1 saturated heterocycles. The van der Waals surface area contributed by atoms with Crippen molar-refractivity contribution >= 4 is 156 Å². The third-order valence-electron chi connectivity index (χ3n) is 16.0. The van der Waals surface area contributed by atoms with Crippen LogP contribution in [0.5, 0.6) is 0 Å². The Balaban J connectivity index is 0.000000152. The lowest BCUT2D eigenvalue weighted by Gasteiger charge is -2.32. The van der Waals surface area contributed by atoms with Crippen LogP contribution in [0.25, 0.3) is 86.4 Å². The van der Waals surface area contributed by atoms with Gasteiger partial charge in [-0.05, 0) is 206 Å². The van der Waals surface area contributed by atoms with Crippen molar-refractivity contribution in [1.29, 1.82) is 0 Å². The number of pyridine rings is 3. The van der Waals surface area contributed by atoms with Gasteiger partial charge in [0.1, 0.15) is 5.01 Å². The van der Waals surface area contributed by atoms with Gasteiger partial charge in [-0.1, -0.05) is 47.5 Å². The number of halogens is 4. The summed E-state index contributed by atoms with van der Waals surface area (Å²) < 4.78 is 44.4. The van der Waals surface area contributed by atoms with E-state index in [0.29, 0.717) is 10.0 Å². The number of benzene rings is 4. The lowest BCUT2D eigenvalue weighted by atomic mass is 9.80. The van der Waals surface area contributed by atoms with Gasteiger partial charge in [0.2, 0.25) is 0 Å². The fourth-order valence-electron chi connectivity index (χ4n) is 10.9. The Kier molecular flexibility index (Phi) is 22.0. The molecule has 9 heterocycles. The first-order valence-corrected chi connectivity index (χ1v) is 35.3. The van der Waals surface area contributed by atoms with E-state index in [2.05, 4.69) is 67.1 Å². The van der Waals surface area contributed by atoms with Gasteiger partial charge in [-0.25, -0.2) is 34.5 Å². The predicted molar refractivity (Wildman–Crippen MR) is 396 cm³/mol. The van der Waals surface area contributed by atoms with Crippen LogP contribution in [0, 0.1) is 13.8 Å². The molecule has 0 bridgehead atoms. The summed E-state index contributed by atoms with van der Waals surface area (Å²) in [5.41, 5.74) is 11.4. The Hall–Kier alpha value is -7.10. The molecule has 0 unspecified atom stereocenters. The molecule has 12 aromatic rings. The van der Waals surface area contributed by atoms with E-state index < -0.39 is 35.3 Å². The number of fused-ring (bicyclic) bond motifs is 5. The average molecular weight is 1520 g/mol. The zero-order valence-corrected chi connectivity index (χ0v) is 63.4. The maximum absolute atomic E-state index is 13.3. The molecule has 506 valence electrons. The summed E-state index contributed by atoms with van der Waals surface area (Å²) in [6, 6.07) is 25.3. The van der Waals surface area contributed by atoms with Gasteiger partial charge in [0.25, 0.3) is 0 Å². The van der Waals surface area contributed by atoms with Gasteiger partial charge in [-0.15, -0.1) is 22.7 Å². The van der Waals surface area contributed by atoms with Crippen LogP contribution in [0.2, 0.25) is 10.0 Å². The molecule has 1 aliphatic heterocycles. The third-order valence-corrected chi connectivity index (χ3v) is 19.7. The number of nitrogens with zero attached hydrogens (tertiary/aromatic N) is 11. The van der Waals surface area contributed by atoms with Gasteiger partial charge in [0, 0.05) is 104 Å². The normalized spacial score (nSPS) is 14.3. The molecule has 19 nitrogen and oxygen atoms in total. The van der Waals surface area contributed by atoms with Crippen molar-refractivity contribution in [3.63, 3.8) is 0 Å². The molecule has 0 N–H and O–H groups in total. The second-order valence-electron chi connectivity index (χ2n) is 26.2. The molecule has 0 aliphatic carbocycles. The lowest BCUT2D eigenvalue weighted by molar-refractivity contribution is -0.167. The van der Waals surface area contributed by atoms with E-state index in [9.17, 15) is 9.59 Å². The first kappa shape index (κ1) is 72.6. The van der Waals surface area contributed by atoms with E-state index >= 15 is 0 Å². The molecule has 97 heavy (non-hydrogen) atoms. The molecule has 0 spiro atoms. The summed E-state index contributed by atoms with van der Waals surface area (Å²) >= 11 is 22.3. The highest BCUT2D eigenvalue weighted by Crippen LogP contribution is 2.47. The molecule has 1 fully saturated rings. The van der Waals surface area contributed by atoms with Gasteiger partial charge in [-0.3, -0.25) is 14.0 Å². The summed E-state index contributed by atoms with van der Waals surface area (Å²) in [5.74, 6) is -0.820. The lowest BCUT2D eigenvalue weighted by Crippen LogP contribution is -2.41. The number of ether oxygens (including phenoxy) is 4. The largest absolute Gasteiger partial charge is 0.496 e. The van der Waals surface area contributed by atoms with Crippen LogP contribution >= 0.6 is 77.7 Å². The molecule has 0 radical (unpaired) electrons.